The van der Waals surface area contributed by atoms with Gasteiger partial charge in [-0.1, -0.05) is 36.4 Å². The molecule has 3 rings (SSSR count). The van der Waals surface area contributed by atoms with Crippen LogP contribution in [0.15, 0.2) is 48.5 Å². The lowest BCUT2D eigenvalue weighted by molar-refractivity contribution is 0.00578. The molecule has 1 heterocycles. The van der Waals surface area contributed by atoms with E-state index in [1.54, 1.807) is 6.07 Å². The Kier molecular flexibility index (Phi) is 4.72. The van der Waals surface area contributed by atoms with Crippen LogP contribution in [0.5, 0.6) is 0 Å². The summed E-state index contributed by atoms with van der Waals surface area (Å²) in [7, 11) is -0.399. The third kappa shape index (κ3) is 3.48. The van der Waals surface area contributed by atoms with Crippen molar-refractivity contribution in [3.63, 3.8) is 0 Å². The van der Waals surface area contributed by atoms with E-state index in [2.05, 4.69) is 11.4 Å². The molecule has 0 saturated carbocycles. The lowest BCUT2D eigenvalue weighted by atomic mass is 9.76. The van der Waals surface area contributed by atoms with Crippen molar-refractivity contribution in [3.8, 4) is 0 Å². The summed E-state index contributed by atoms with van der Waals surface area (Å²) in [5.41, 5.74) is 2.82. The second kappa shape index (κ2) is 6.66. The highest BCUT2D eigenvalue weighted by Gasteiger charge is 2.52. The number of nitrogens with one attached hydrogen (secondary N) is 1. The number of hydrogen-bond donors (Lipinski definition) is 1. The lowest BCUT2D eigenvalue weighted by Gasteiger charge is -2.32. The zero-order valence-electron chi connectivity index (χ0n) is 15.2. The van der Waals surface area contributed by atoms with E-state index in [0.717, 1.165) is 23.0 Å². The fraction of sp³-hybridized carbons (Fsp3) is 0.350. The summed E-state index contributed by atoms with van der Waals surface area (Å²) in [5, 5.41) is 3.34. The maximum Gasteiger partial charge on any atom is 0.495 e. The summed E-state index contributed by atoms with van der Waals surface area (Å²) in [6, 6.07) is 15.5. The highest BCUT2D eigenvalue weighted by atomic mass is 16.7. The molecule has 130 valence electrons. The van der Waals surface area contributed by atoms with Crippen LogP contribution in [0.1, 0.15) is 43.6 Å². The molecule has 0 atom stereocenters. The number of anilines is 1. The molecule has 5 heteroatoms. The summed E-state index contributed by atoms with van der Waals surface area (Å²) in [6.07, 6.45) is 0.864. The largest absolute Gasteiger partial charge is 0.495 e. The van der Waals surface area contributed by atoms with Gasteiger partial charge in [-0.25, -0.2) is 0 Å². The van der Waals surface area contributed by atoms with Gasteiger partial charge < -0.3 is 14.6 Å². The fourth-order valence-corrected chi connectivity index (χ4v) is 2.85. The number of para-hydroxylation sites is 1. The minimum atomic E-state index is -0.399. The molecule has 1 fully saturated rings. The molecule has 0 bridgehead atoms. The monoisotopic (exact) mass is 337 g/mol. The summed E-state index contributed by atoms with van der Waals surface area (Å²) in [5.74, 6) is 0. The van der Waals surface area contributed by atoms with Crippen LogP contribution in [0.3, 0.4) is 0 Å². The summed E-state index contributed by atoms with van der Waals surface area (Å²) in [4.78, 5) is 11.2. The molecule has 0 amide bonds. The van der Waals surface area contributed by atoms with Crippen LogP contribution in [0, 0.1) is 0 Å². The maximum absolute atomic E-state index is 11.2. The molecule has 1 aliphatic rings. The molecule has 0 radical (unpaired) electrons. The van der Waals surface area contributed by atoms with E-state index < -0.39 is 7.12 Å². The summed E-state index contributed by atoms with van der Waals surface area (Å²) in [6.45, 7) is 8.79. The number of rotatable bonds is 5. The Hall–Kier alpha value is -2.11. The van der Waals surface area contributed by atoms with Crippen molar-refractivity contribution < 1.29 is 14.1 Å². The minimum Gasteiger partial charge on any atom is -0.399 e. The van der Waals surface area contributed by atoms with Gasteiger partial charge in [0.15, 0.2) is 6.29 Å². The van der Waals surface area contributed by atoms with Crippen LogP contribution in [0.2, 0.25) is 0 Å². The SMILES string of the molecule is CC1(C)OB(c2ccccc2CNc2ccccc2C=O)OC1(C)C. The Morgan fingerprint density at radius 3 is 2.24 bits per heavy atom. The molecule has 2 aromatic rings. The highest BCUT2D eigenvalue weighted by molar-refractivity contribution is 6.62. The molecule has 1 aliphatic heterocycles. The van der Waals surface area contributed by atoms with Gasteiger partial charge in [0.1, 0.15) is 0 Å². The number of hydrogen-bond acceptors (Lipinski definition) is 4. The Labute approximate surface area is 149 Å². The normalized spacial score (nSPS) is 18.2. The van der Waals surface area contributed by atoms with E-state index >= 15 is 0 Å². The molecule has 0 aromatic heterocycles. The topological polar surface area (TPSA) is 47.6 Å². The van der Waals surface area contributed by atoms with E-state index in [1.165, 1.54) is 0 Å². The van der Waals surface area contributed by atoms with E-state index in [-0.39, 0.29) is 11.2 Å². The molecular weight excluding hydrogens is 313 g/mol. The Morgan fingerprint density at radius 2 is 1.56 bits per heavy atom. The van der Waals surface area contributed by atoms with E-state index in [1.807, 2.05) is 64.1 Å². The molecule has 25 heavy (non-hydrogen) atoms. The summed E-state index contributed by atoms with van der Waals surface area (Å²) < 4.78 is 12.4. The molecular formula is C20H24BNO3. The molecule has 1 saturated heterocycles. The first-order chi connectivity index (χ1) is 11.8. The Morgan fingerprint density at radius 1 is 0.960 bits per heavy atom. The van der Waals surface area contributed by atoms with Crippen LogP contribution in [0.4, 0.5) is 5.69 Å². The average Bonchev–Trinajstić information content (AvgIpc) is 2.81. The van der Waals surface area contributed by atoms with Gasteiger partial charge in [-0.15, -0.1) is 0 Å². The number of benzene rings is 2. The van der Waals surface area contributed by atoms with Crippen molar-refractivity contribution in [1.29, 1.82) is 0 Å². The van der Waals surface area contributed by atoms with E-state index in [0.29, 0.717) is 12.1 Å². The van der Waals surface area contributed by atoms with Crippen LogP contribution >= 0.6 is 0 Å². The first kappa shape index (κ1) is 17.7. The van der Waals surface area contributed by atoms with Crippen molar-refractivity contribution in [2.24, 2.45) is 0 Å². The highest BCUT2D eigenvalue weighted by Crippen LogP contribution is 2.36. The predicted molar refractivity (Wildman–Crippen MR) is 101 cm³/mol. The third-order valence-corrected chi connectivity index (χ3v) is 5.12. The van der Waals surface area contributed by atoms with Crippen LogP contribution < -0.4 is 10.8 Å². The van der Waals surface area contributed by atoms with Gasteiger partial charge in [-0.2, -0.15) is 0 Å². The third-order valence-electron chi connectivity index (χ3n) is 5.12. The fourth-order valence-electron chi connectivity index (χ4n) is 2.85. The lowest BCUT2D eigenvalue weighted by Crippen LogP contribution is -2.41. The van der Waals surface area contributed by atoms with Crippen LogP contribution in [-0.4, -0.2) is 24.6 Å². The van der Waals surface area contributed by atoms with Gasteiger partial charge in [-0.05, 0) is 50.9 Å². The predicted octanol–water partition coefficient (Wildman–Crippen LogP) is 3.41. The van der Waals surface area contributed by atoms with Gasteiger partial charge in [0.05, 0.1) is 11.2 Å². The minimum absolute atomic E-state index is 0.373. The van der Waals surface area contributed by atoms with Gasteiger partial charge in [0.25, 0.3) is 0 Å². The van der Waals surface area contributed by atoms with Crippen LogP contribution in [0.25, 0.3) is 0 Å². The Bertz CT molecular complexity index is 757. The molecule has 2 aromatic carbocycles. The number of aldehydes is 1. The molecule has 0 unspecified atom stereocenters. The van der Waals surface area contributed by atoms with E-state index in [4.69, 9.17) is 9.31 Å². The van der Waals surface area contributed by atoms with Crippen LogP contribution in [-0.2, 0) is 15.9 Å². The first-order valence-corrected chi connectivity index (χ1v) is 8.55. The maximum atomic E-state index is 11.2. The number of carbonyl (C=O) groups is 1. The van der Waals surface area contributed by atoms with Gasteiger partial charge >= 0.3 is 7.12 Å². The van der Waals surface area contributed by atoms with Crippen molar-refractivity contribution in [2.75, 3.05) is 5.32 Å². The van der Waals surface area contributed by atoms with Gasteiger partial charge in [0, 0.05) is 17.8 Å². The van der Waals surface area contributed by atoms with Crippen molar-refractivity contribution in [3.05, 3.63) is 59.7 Å². The average molecular weight is 337 g/mol. The standard InChI is InChI=1S/C20H24BNO3/c1-19(2)20(3,4)25-21(24-19)17-11-7-5-9-15(17)13-22-18-12-8-6-10-16(18)14-23/h5-12,14,22H,13H2,1-4H3. The molecule has 4 nitrogen and oxygen atoms in total. The van der Waals surface area contributed by atoms with Crippen molar-refractivity contribution in [1.82, 2.24) is 0 Å². The molecule has 0 spiro atoms. The van der Waals surface area contributed by atoms with Crippen molar-refractivity contribution >= 4 is 24.6 Å². The first-order valence-electron chi connectivity index (χ1n) is 8.55. The Balaban J connectivity index is 1.82. The van der Waals surface area contributed by atoms with Gasteiger partial charge in [0.2, 0.25) is 0 Å². The quantitative estimate of drug-likeness (QED) is 0.671. The number of carbonyl (C=O) groups excluding carboxylic acids is 1. The van der Waals surface area contributed by atoms with Crippen molar-refractivity contribution in [2.45, 2.75) is 45.4 Å². The zero-order valence-corrected chi connectivity index (χ0v) is 15.2. The summed E-state index contributed by atoms with van der Waals surface area (Å²) >= 11 is 0. The molecule has 1 N–H and O–H groups in total. The molecule has 0 aliphatic carbocycles. The second-order valence-corrected chi connectivity index (χ2v) is 7.35. The smallest absolute Gasteiger partial charge is 0.399 e. The zero-order chi connectivity index (χ0) is 18.1. The van der Waals surface area contributed by atoms with E-state index in [9.17, 15) is 4.79 Å². The van der Waals surface area contributed by atoms with Gasteiger partial charge in [-0.3, -0.25) is 4.79 Å². The second-order valence-electron chi connectivity index (χ2n) is 7.35.